The predicted octanol–water partition coefficient (Wildman–Crippen LogP) is 4.83. The van der Waals surface area contributed by atoms with Gasteiger partial charge in [-0.05, 0) is 98.9 Å². The van der Waals surface area contributed by atoms with Gasteiger partial charge in [0.15, 0.2) is 0 Å². The number of nitrogens with one attached hydrogen (secondary N) is 6. The standard InChI is InChI=1S/C56H70N10O8S2/c1-31(57-7)47(67)59-39-21-27-75-41-29-55(3,4)45(65(41)53(39)73)49(69)61-43-35-15-11-9-13-33(35)17-19-37(43)51(71)63-23-25-64(26-24-63)52(72)38-20-18-34-14-10-12-16-36(34)44(38)62-50(70)46-56(5,6)30-42-66(46)54(74)40(22-28-76-42)60-48(68)32(2)58-8/h9-20,31-32,39-42,45-46,57-58H,21-30H2,1-8H3,(H,59,67)(H,60,68)(H,61,69)(H,62,70)/t31-,32-,39-,40-,41-,42-,45+,46+/m0/s1. The van der Waals surface area contributed by atoms with Gasteiger partial charge < -0.3 is 51.5 Å². The SMILES string of the molecule is CN[C@@H](C)C(=O)N[C@H]1CCS[C@H]2CC(C)(C)[C@@H](C(=O)Nc3c(C(=O)N4CCN(C(=O)c5ccc6ccccc6c5NC(=O)[C@H]5N6C(=O)[C@@H](NC(=O)[C@H](C)NC)CCS[C@H]6CC5(C)C)CC4)ccc4ccccc34)N2C1=O. The number of thioether (sulfide) groups is 2. The second kappa shape index (κ2) is 22.0. The van der Waals surface area contributed by atoms with Crippen molar-refractivity contribution in [3.05, 3.63) is 83.9 Å². The normalized spacial score (nSPS) is 24.9. The number of nitrogens with zero attached hydrogens (tertiary/aromatic N) is 4. The van der Waals surface area contributed by atoms with E-state index in [0.717, 1.165) is 10.8 Å². The smallest absolute Gasteiger partial charge is 0.256 e. The van der Waals surface area contributed by atoms with Crippen molar-refractivity contribution in [3.63, 3.8) is 0 Å². The van der Waals surface area contributed by atoms with Gasteiger partial charge in [0.1, 0.15) is 24.2 Å². The third kappa shape index (κ3) is 10.5. The number of hydrogen-bond donors (Lipinski definition) is 6. The lowest BCUT2D eigenvalue weighted by molar-refractivity contribution is -0.142. The van der Waals surface area contributed by atoms with E-state index in [1.807, 2.05) is 88.4 Å². The molecule has 5 saturated heterocycles. The summed E-state index contributed by atoms with van der Waals surface area (Å²) in [5.41, 5.74) is -0.120. The van der Waals surface area contributed by atoms with Crippen molar-refractivity contribution in [2.45, 2.75) is 114 Å². The van der Waals surface area contributed by atoms with E-state index in [1.165, 1.54) is 0 Å². The fraction of sp³-hybridized carbons (Fsp3) is 0.500. The molecule has 9 rings (SSSR count). The first-order chi connectivity index (χ1) is 36.2. The monoisotopic (exact) mass is 1070 g/mol. The van der Waals surface area contributed by atoms with Gasteiger partial charge in [-0.15, -0.1) is 23.5 Å². The molecular formula is C56H70N10O8S2. The molecule has 76 heavy (non-hydrogen) atoms. The lowest BCUT2D eigenvalue weighted by Gasteiger charge is -2.36. The molecule has 18 nitrogen and oxygen atoms in total. The van der Waals surface area contributed by atoms with Crippen molar-refractivity contribution >= 4 is 104 Å². The van der Waals surface area contributed by atoms with E-state index in [-0.39, 0.29) is 83.5 Å². The van der Waals surface area contributed by atoms with Gasteiger partial charge in [0.2, 0.25) is 35.4 Å². The molecule has 5 heterocycles. The number of rotatable bonds is 12. The molecule has 20 heteroatoms. The van der Waals surface area contributed by atoms with Crippen molar-refractivity contribution in [2.24, 2.45) is 10.8 Å². The highest BCUT2D eigenvalue weighted by atomic mass is 32.2. The maximum absolute atomic E-state index is 14.9. The van der Waals surface area contributed by atoms with Crippen molar-refractivity contribution < 1.29 is 38.4 Å². The Balaban J connectivity index is 0.940. The zero-order valence-electron chi connectivity index (χ0n) is 44.5. The third-order valence-electron chi connectivity index (χ3n) is 16.0. The Morgan fingerprint density at radius 1 is 0.553 bits per heavy atom. The summed E-state index contributed by atoms with van der Waals surface area (Å²) in [6.45, 7) is 12.0. The van der Waals surface area contributed by atoms with Crippen LogP contribution in [0.4, 0.5) is 11.4 Å². The van der Waals surface area contributed by atoms with Crippen molar-refractivity contribution in [1.82, 2.24) is 40.9 Å². The van der Waals surface area contributed by atoms with E-state index in [2.05, 4.69) is 31.9 Å². The summed E-state index contributed by atoms with van der Waals surface area (Å²) in [5, 5.41) is 20.3. The van der Waals surface area contributed by atoms with Crippen LogP contribution in [0.5, 0.6) is 0 Å². The van der Waals surface area contributed by atoms with Crippen LogP contribution in [0.25, 0.3) is 21.5 Å². The van der Waals surface area contributed by atoms with Crippen LogP contribution in [0.2, 0.25) is 0 Å². The number of benzene rings is 4. The minimum absolute atomic E-state index is 0.174. The number of carbonyl (C=O) groups excluding carboxylic acids is 8. The minimum Gasteiger partial charge on any atom is -0.343 e. The number of piperazine rings is 1. The fourth-order valence-corrected chi connectivity index (χ4v) is 14.7. The Kier molecular flexibility index (Phi) is 15.8. The van der Waals surface area contributed by atoms with Crippen molar-refractivity contribution in [2.75, 3.05) is 62.4 Å². The maximum atomic E-state index is 14.9. The van der Waals surface area contributed by atoms with Gasteiger partial charge in [-0.1, -0.05) is 88.4 Å². The number of amides is 8. The Morgan fingerprint density at radius 2 is 0.921 bits per heavy atom. The average Bonchev–Trinajstić information content (AvgIpc) is 3.73. The Labute approximate surface area is 452 Å². The van der Waals surface area contributed by atoms with Crippen LogP contribution in [0.15, 0.2) is 72.8 Å². The molecule has 0 unspecified atom stereocenters. The van der Waals surface area contributed by atoms with Gasteiger partial charge in [-0.3, -0.25) is 38.4 Å². The van der Waals surface area contributed by atoms with Gasteiger partial charge in [-0.25, -0.2) is 0 Å². The molecular weight excluding hydrogens is 1000 g/mol. The predicted molar refractivity (Wildman–Crippen MR) is 298 cm³/mol. The Hall–Kier alpha value is -6.22. The molecule has 0 aromatic heterocycles. The summed E-state index contributed by atoms with van der Waals surface area (Å²) in [5.74, 6) is -1.52. The van der Waals surface area contributed by atoms with Gasteiger partial charge in [-0.2, -0.15) is 0 Å². The van der Waals surface area contributed by atoms with E-state index in [1.54, 1.807) is 83.2 Å². The van der Waals surface area contributed by atoms with Gasteiger partial charge >= 0.3 is 0 Å². The second-order valence-corrected chi connectivity index (χ2v) is 24.6. The van der Waals surface area contributed by atoms with Crippen molar-refractivity contribution in [3.8, 4) is 0 Å². The van der Waals surface area contributed by atoms with Crippen LogP contribution in [-0.4, -0.2) is 166 Å². The number of likely N-dealkylation sites (N-methyl/N-ethyl adjacent to an activating group) is 2. The summed E-state index contributed by atoms with van der Waals surface area (Å²) in [7, 11) is 3.35. The lowest BCUT2D eigenvalue weighted by Crippen LogP contribution is -2.57. The molecule has 404 valence electrons. The lowest BCUT2D eigenvalue weighted by atomic mass is 9.84. The molecule has 8 atom stereocenters. The second-order valence-electron chi connectivity index (χ2n) is 22.0. The van der Waals surface area contributed by atoms with Gasteiger partial charge in [0.25, 0.3) is 11.8 Å². The molecule has 5 aliphatic heterocycles. The van der Waals surface area contributed by atoms with E-state index in [9.17, 15) is 38.4 Å². The molecule has 8 amide bonds. The first-order valence-electron chi connectivity index (χ1n) is 26.3. The Bertz CT molecular complexity index is 2780. The van der Waals surface area contributed by atoms with Crippen LogP contribution in [0.3, 0.4) is 0 Å². The molecule has 0 radical (unpaired) electrons. The molecule has 0 aliphatic carbocycles. The summed E-state index contributed by atoms with van der Waals surface area (Å²) in [6, 6.07) is 17.6. The van der Waals surface area contributed by atoms with Crippen LogP contribution in [0.1, 0.15) is 87.9 Å². The van der Waals surface area contributed by atoms with Crippen LogP contribution >= 0.6 is 23.5 Å². The summed E-state index contributed by atoms with van der Waals surface area (Å²) < 4.78 is 0. The van der Waals surface area contributed by atoms with E-state index >= 15 is 0 Å². The third-order valence-corrected chi connectivity index (χ3v) is 18.5. The largest absolute Gasteiger partial charge is 0.343 e. The summed E-state index contributed by atoms with van der Waals surface area (Å²) >= 11 is 3.21. The molecule has 5 aliphatic rings. The molecule has 4 aromatic rings. The van der Waals surface area contributed by atoms with Crippen LogP contribution in [-0.2, 0) is 28.8 Å². The minimum atomic E-state index is -0.908. The highest BCUT2D eigenvalue weighted by molar-refractivity contribution is 8.00. The number of hydrogen-bond acceptors (Lipinski definition) is 12. The fourth-order valence-electron chi connectivity index (χ4n) is 11.6. The van der Waals surface area contributed by atoms with E-state index < -0.39 is 58.9 Å². The first kappa shape index (κ1) is 54.6. The average molecular weight is 1080 g/mol. The molecule has 5 fully saturated rings. The highest BCUT2D eigenvalue weighted by Gasteiger charge is 2.56. The van der Waals surface area contributed by atoms with E-state index in [0.29, 0.717) is 59.3 Å². The molecule has 4 aromatic carbocycles. The molecule has 0 saturated carbocycles. The summed E-state index contributed by atoms with van der Waals surface area (Å²) in [4.78, 5) is 121. The highest BCUT2D eigenvalue weighted by Crippen LogP contribution is 2.48. The molecule has 6 N–H and O–H groups in total. The topological polar surface area (TPSA) is 222 Å². The quantitative estimate of drug-likeness (QED) is 0.112. The number of fused-ring (bicyclic) bond motifs is 4. The zero-order chi connectivity index (χ0) is 54.4. The zero-order valence-corrected chi connectivity index (χ0v) is 46.1. The Morgan fingerprint density at radius 3 is 1.29 bits per heavy atom. The van der Waals surface area contributed by atoms with Crippen LogP contribution in [0, 0.1) is 10.8 Å². The summed E-state index contributed by atoms with van der Waals surface area (Å²) in [6.07, 6.45) is 1.97. The van der Waals surface area contributed by atoms with Gasteiger partial charge in [0, 0.05) is 37.0 Å². The first-order valence-corrected chi connectivity index (χ1v) is 28.4. The molecule has 0 bridgehead atoms. The van der Waals surface area contributed by atoms with Crippen LogP contribution < -0.4 is 31.9 Å². The molecule has 0 spiro atoms. The number of carbonyl (C=O) groups is 8. The maximum Gasteiger partial charge on any atom is 0.256 e. The van der Waals surface area contributed by atoms with E-state index in [4.69, 9.17) is 0 Å². The van der Waals surface area contributed by atoms with Crippen molar-refractivity contribution in [1.29, 1.82) is 0 Å². The number of anilines is 2. The van der Waals surface area contributed by atoms with Gasteiger partial charge in [0.05, 0.1) is 45.3 Å².